The van der Waals surface area contributed by atoms with Crippen molar-refractivity contribution in [3.05, 3.63) is 17.7 Å². The van der Waals surface area contributed by atoms with Crippen molar-refractivity contribution in [3.63, 3.8) is 0 Å². The van der Waals surface area contributed by atoms with Crippen LogP contribution in [0.3, 0.4) is 0 Å². The molecule has 0 aromatic carbocycles. The third-order valence-corrected chi connectivity index (χ3v) is 5.63. The number of thioether (sulfide) groups is 2. The van der Waals surface area contributed by atoms with Gasteiger partial charge < -0.3 is 5.73 Å². The highest BCUT2D eigenvalue weighted by Gasteiger charge is 2.37. The summed E-state index contributed by atoms with van der Waals surface area (Å²) in [6.07, 6.45) is -3.48. The Labute approximate surface area is 111 Å². The van der Waals surface area contributed by atoms with Gasteiger partial charge in [-0.15, -0.1) is 11.8 Å². The molecule has 2 N–H and O–H groups in total. The van der Waals surface area contributed by atoms with Crippen LogP contribution in [0.15, 0.2) is 6.20 Å². The lowest BCUT2D eigenvalue weighted by molar-refractivity contribution is -0.140. The number of nitrogens with zero attached hydrogens (tertiary/aromatic N) is 2. The lowest BCUT2D eigenvalue weighted by Gasteiger charge is -2.27. The van der Waals surface area contributed by atoms with Gasteiger partial charge in [-0.3, -0.25) is 0 Å². The summed E-state index contributed by atoms with van der Waals surface area (Å²) < 4.78 is 38.1. The second-order valence-electron chi connectivity index (χ2n) is 3.90. The van der Waals surface area contributed by atoms with E-state index in [4.69, 9.17) is 5.73 Å². The fraction of sp³-hybridized carbons (Fsp3) is 0.600. The van der Waals surface area contributed by atoms with Crippen molar-refractivity contribution in [2.45, 2.75) is 23.6 Å². The topological polar surface area (TPSA) is 51.8 Å². The maximum absolute atomic E-state index is 12.7. The van der Waals surface area contributed by atoms with Crippen molar-refractivity contribution in [3.8, 4) is 0 Å². The standard InChI is InChI=1S/C10H12F3N3S2/c1-5-7(18-3-2-17-5)9-15-4-6(14)8(16-9)10(11,12)13/h4-5,7H,2-3,14H2,1H3. The summed E-state index contributed by atoms with van der Waals surface area (Å²) in [4.78, 5) is 7.58. The maximum Gasteiger partial charge on any atom is 0.435 e. The van der Waals surface area contributed by atoms with Gasteiger partial charge in [-0.25, -0.2) is 9.97 Å². The molecule has 0 radical (unpaired) electrons. The van der Waals surface area contributed by atoms with Crippen LogP contribution >= 0.6 is 23.5 Å². The molecule has 1 aliphatic rings. The van der Waals surface area contributed by atoms with Gasteiger partial charge in [0.15, 0.2) is 5.69 Å². The molecule has 2 atom stereocenters. The van der Waals surface area contributed by atoms with Gasteiger partial charge in [-0.1, -0.05) is 6.92 Å². The quantitative estimate of drug-likeness (QED) is 0.863. The zero-order valence-corrected chi connectivity index (χ0v) is 11.2. The molecule has 3 nitrogen and oxygen atoms in total. The van der Waals surface area contributed by atoms with E-state index in [1.54, 1.807) is 23.5 Å². The highest BCUT2D eigenvalue weighted by molar-refractivity contribution is 8.06. The van der Waals surface area contributed by atoms with Crippen LogP contribution in [0.2, 0.25) is 0 Å². The fourth-order valence-electron chi connectivity index (χ4n) is 1.69. The van der Waals surface area contributed by atoms with E-state index >= 15 is 0 Å². The Morgan fingerprint density at radius 1 is 1.33 bits per heavy atom. The molecule has 2 unspecified atom stereocenters. The summed E-state index contributed by atoms with van der Waals surface area (Å²) in [5, 5.41) is 0.0962. The molecule has 1 saturated heterocycles. The number of anilines is 1. The molecule has 0 aliphatic carbocycles. The van der Waals surface area contributed by atoms with Gasteiger partial charge in [-0.2, -0.15) is 24.9 Å². The molecule has 1 aromatic heterocycles. The third kappa shape index (κ3) is 2.85. The second-order valence-corrected chi connectivity index (χ2v) is 6.63. The van der Waals surface area contributed by atoms with Crippen molar-refractivity contribution < 1.29 is 13.2 Å². The summed E-state index contributed by atoms with van der Waals surface area (Å²) in [6.45, 7) is 1.98. The largest absolute Gasteiger partial charge is 0.435 e. The Kier molecular flexibility index (Phi) is 3.96. The van der Waals surface area contributed by atoms with E-state index in [1.165, 1.54) is 0 Å². The van der Waals surface area contributed by atoms with Crippen LogP contribution in [-0.4, -0.2) is 26.7 Å². The molecule has 1 aromatic rings. The maximum atomic E-state index is 12.7. The summed E-state index contributed by atoms with van der Waals surface area (Å²) in [5.74, 6) is 2.12. The Bertz CT molecular complexity index is 439. The molecule has 0 bridgehead atoms. The van der Waals surface area contributed by atoms with Gasteiger partial charge in [0.25, 0.3) is 0 Å². The summed E-state index contributed by atoms with van der Waals surface area (Å²) in [7, 11) is 0. The SMILES string of the molecule is CC1SCCSC1c1ncc(N)c(C(F)(F)F)n1. The van der Waals surface area contributed by atoms with Crippen molar-refractivity contribution in [2.24, 2.45) is 0 Å². The van der Waals surface area contributed by atoms with E-state index in [-0.39, 0.29) is 16.3 Å². The van der Waals surface area contributed by atoms with Crippen molar-refractivity contribution in [1.29, 1.82) is 0 Å². The average molecular weight is 295 g/mol. The lowest BCUT2D eigenvalue weighted by Crippen LogP contribution is -2.21. The molecular weight excluding hydrogens is 283 g/mol. The zero-order chi connectivity index (χ0) is 13.3. The van der Waals surface area contributed by atoms with Crippen LogP contribution in [0.25, 0.3) is 0 Å². The Morgan fingerprint density at radius 2 is 2.00 bits per heavy atom. The van der Waals surface area contributed by atoms with Crippen molar-refractivity contribution in [2.75, 3.05) is 17.2 Å². The molecular formula is C10H12F3N3S2. The zero-order valence-electron chi connectivity index (χ0n) is 9.57. The first-order chi connectivity index (χ1) is 8.39. The van der Waals surface area contributed by atoms with Crippen LogP contribution in [0, 0.1) is 0 Å². The van der Waals surface area contributed by atoms with E-state index in [2.05, 4.69) is 9.97 Å². The Morgan fingerprint density at radius 3 is 2.61 bits per heavy atom. The molecule has 1 fully saturated rings. The number of hydrogen-bond acceptors (Lipinski definition) is 5. The Hall–Kier alpha value is -0.630. The minimum absolute atomic E-state index is 0.106. The number of alkyl halides is 3. The van der Waals surface area contributed by atoms with E-state index < -0.39 is 17.6 Å². The van der Waals surface area contributed by atoms with Crippen molar-refractivity contribution in [1.82, 2.24) is 9.97 Å². The predicted molar refractivity (Wildman–Crippen MR) is 68.6 cm³/mol. The molecule has 18 heavy (non-hydrogen) atoms. The number of nitrogen functional groups attached to an aromatic ring is 1. The molecule has 0 saturated carbocycles. The van der Waals surface area contributed by atoms with Crippen LogP contribution in [0.4, 0.5) is 18.9 Å². The van der Waals surface area contributed by atoms with E-state index in [0.29, 0.717) is 0 Å². The number of nitrogens with two attached hydrogens (primary N) is 1. The van der Waals surface area contributed by atoms with Gasteiger partial charge in [0, 0.05) is 16.8 Å². The van der Waals surface area contributed by atoms with Gasteiger partial charge >= 0.3 is 6.18 Å². The Balaban J connectivity index is 2.34. The lowest BCUT2D eigenvalue weighted by atomic mass is 10.2. The van der Waals surface area contributed by atoms with E-state index in [1.807, 2.05) is 6.92 Å². The summed E-state index contributed by atoms with van der Waals surface area (Å²) in [5.41, 5.74) is 3.83. The number of hydrogen-bond donors (Lipinski definition) is 1. The van der Waals surface area contributed by atoms with Crippen LogP contribution in [-0.2, 0) is 6.18 Å². The van der Waals surface area contributed by atoms with Crippen molar-refractivity contribution >= 4 is 29.2 Å². The predicted octanol–water partition coefficient (Wildman–Crippen LogP) is 2.99. The fourth-order valence-corrected chi connectivity index (χ4v) is 4.38. The smallest absolute Gasteiger partial charge is 0.396 e. The first-order valence-corrected chi connectivity index (χ1v) is 7.42. The molecule has 8 heteroatoms. The summed E-state index contributed by atoms with van der Waals surface area (Å²) in [6, 6.07) is 0. The van der Waals surface area contributed by atoms with Gasteiger partial charge in [0.2, 0.25) is 0 Å². The highest BCUT2D eigenvalue weighted by Crippen LogP contribution is 2.42. The normalized spacial score (nSPS) is 25.1. The van der Waals surface area contributed by atoms with Crippen LogP contribution in [0.5, 0.6) is 0 Å². The second kappa shape index (κ2) is 5.16. The molecule has 1 aliphatic heterocycles. The number of rotatable bonds is 1. The molecule has 100 valence electrons. The molecule has 0 amide bonds. The van der Waals surface area contributed by atoms with Gasteiger partial charge in [0.1, 0.15) is 5.82 Å². The number of halogens is 3. The van der Waals surface area contributed by atoms with E-state index in [0.717, 1.165) is 17.7 Å². The number of aromatic nitrogens is 2. The summed E-state index contributed by atoms with van der Waals surface area (Å²) >= 11 is 3.32. The van der Waals surface area contributed by atoms with Crippen LogP contribution < -0.4 is 5.73 Å². The molecule has 2 heterocycles. The van der Waals surface area contributed by atoms with Crippen LogP contribution in [0.1, 0.15) is 23.7 Å². The molecule has 0 spiro atoms. The first kappa shape index (κ1) is 13.8. The first-order valence-electron chi connectivity index (χ1n) is 5.32. The monoisotopic (exact) mass is 295 g/mol. The molecule has 2 rings (SSSR count). The minimum Gasteiger partial charge on any atom is -0.396 e. The van der Waals surface area contributed by atoms with E-state index in [9.17, 15) is 13.2 Å². The third-order valence-electron chi connectivity index (χ3n) is 2.55. The highest BCUT2D eigenvalue weighted by atomic mass is 32.2. The van der Waals surface area contributed by atoms with Gasteiger partial charge in [-0.05, 0) is 0 Å². The average Bonchev–Trinajstić information content (AvgIpc) is 2.29. The van der Waals surface area contributed by atoms with Gasteiger partial charge in [0.05, 0.1) is 17.1 Å². The minimum atomic E-state index is -4.53.